The summed E-state index contributed by atoms with van der Waals surface area (Å²) in [7, 11) is 1.92. The summed E-state index contributed by atoms with van der Waals surface area (Å²) in [6, 6.07) is 3.98. The second kappa shape index (κ2) is 7.79. The number of hydrogen-bond acceptors (Lipinski definition) is 2. The molecule has 1 N–H and O–H groups in total. The van der Waals surface area contributed by atoms with E-state index in [2.05, 4.69) is 10.3 Å². The van der Waals surface area contributed by atoms with Crippen LogP contribution in [-0.4, -0.2) is 12.0 Å². The SMILES string of the molecule is CNCc1cccnc1.Cl.Cl. The molecule has 0 fully saturated rings. The lowest BCUT2D eigenvalue weighted by molar-refractivity contribution is 0.813. The third kappa shape index (κ3) is 5.01. The molecule has 1 aromatic heterocycles. The van der Waals surface area contributed by atoms with Crippen LogP contribution in [0.15, 0.2) is 24.5 Å². The van der Waals surface area contributed by atoms with Gasteiger partial charge in [-0.3, -0.25) is 4.98 Å². The van der Waals surface area contributed by atoms with Crippen LogP contribution in [0.4, 0.5) is 0 Å². The summed E-state index contributed by atoms with van der Waals surface area (Å²) >= 11 is 0. The van der Waals surface area contributed by atoms with E-state index in [4.69, 9.17) is 0 Å². The smallest absolute Gasteiger partial charge is 0.0312 e. The summed E-state index contributed by atoms with van der Waals surface area (Å²) in [5.74, 6) is 0. The Bertz CT molecular complexity index is 167. The molecule has 0 saturated carbocycles. The number of hydrogen-bond donors (Lipinski definition) is 1. The van der Waals surface area contributed by atoms with Gasteiger partial charge in [0, 0.05) is 18.9 Å². The molecular formula is C7H12Cl2N2. The maximum absolute atomic E-state index is 3.96. The van der Waals surface area contributed by atoms with Gasteiger partial charge in [-0.15, -0.1) is 24.8 Å². The third-order valence-electron chi connectivity index (χ3n) is 1.10. The summed E-state index contributed by atoms with van der Waals surface area (Å²) in [5.41, 5.74) is 1.22. The molecule has 1 rings (SSSR count). The van der Waals surface area contributed by atoms with E-state index in [1.54, 1.807) is 6.20 Å². The number of rotatable bonds is 2. The standard InChI is InChI=1S/C7H10N2.2ClH/c1-8-5-7-3-2-4-9-6-7;;/h2-4,6,8H,5H2,1H3;2*1H. The van der Waals surface area contributed by atoms with Gasteiger partial charge in [0.05, 0.1) is 0 Å². The number of pyridine rings is 1. The van der Waals surface area contributed by atoms with Crippen molar-refractivity contribution >= 4 is 24.8 Å². The van der Waals surface area contributed by atoms with Crippen LogP contribution in [-0.2, 0) is 6.54 Å². The van der Waals surface area contributed by atoms with Gasteiger partial charge in [0.15, 0.2) is 0 Å². The van der Waals surface area contributed by atoms with Crippen LogP contribution in [0.3, 0.4) is 0 Å². The Morgan fingerprint density at radius 1 is 1.45 bits per heavy atom. The molecule has 64 valence electrons. The second-order valence-electron chi connectivity index (χ2n) is 1.89. The minimum atomic E-state index is 0. The molecule has 0 aliphatic rings. The molecule has 0 aromatic carbocycles. The van der Waals surface area contributed by atoms with Crippen LogP contribution < -0.4 is 5.32 Å². The van der Waals surface area contributed by atoms with Crippen LogP contribution >= 0.6 is 24.8 Å². The van der Waals surface area contributed by atoms with E-state index >= 15 is 0 Å². The highest BCUT2D eigenvalue weighted by Crippen LogP contribution is 1.92. The Morgan fingerprint density at radius 3 is 2.64 bits per heavy atom. The molecule has 0 aliphatic carbocycles. The minimum absolute atomic E-state index is 0. The number of halogens is 2. The van der Waals surface area contributed by atoms with E-state index in [9.17, 15) is 0 Å². The van der Waals surface area contributed by atoms with Gasteiger partial charge < -0.3 is 5.32 Å². The van der Waals surface area contributed by atoms with Crippen LogP contribution in [0.1, 0.15) is 5.56 Å². The van der Waals surface area contributed by atoms with E-state index in [-0.39, 0.29) is 24.8 Å². The lowest BCUT2D eigenvalue weighted by Crippen LogP contribution is -2.04. The van der Waals surface area contributed by atoms with E-state index in [0.717, 1.165) is 6.54 Å². The summed E-state index contributed by atoms with van der Waals surface area (Å²) < 4.78 is 0. The molecule has 0 atom stereocenters. The number of nitrogens with one attached hydrogen (secondary N) is 1. The lowest BCUT2D eigenvalue weighted by atomic mass is 10.3. The molecular weight excluding hydrogens is 183 g/mol. The molecule has 1 heterocycles. The fourth-order valence-corrected chi connectivity index (χ4v) is 0.707. The van der Waals surface area contributed by atoms with E-state index < -0.39 is 0 Å². The van der Waals surface area contributed by atoms with Gasteiger partial charge in [0.1, 0.15) is 0 Å². The van der Waals surface area contributed by atoms with Crippen molar-refractivity contribution in [1.29, 1.82) is 0 Å². The lowest BCUT2D eigenvalue weighted by Gasteiger charge is -1.95. The van der Waals surface area contributed by atoms with E-state index in [1.807, 2.05) is 25.4 Å². The van der Waals surface area contributed by atoms with Gasteiger partial charge >= 0.3 is 0 Å². The van der Waals surface area contributed by atoms with E-state index in [1.165, 1.54) is 5.56 Å². The molecule has 0 spiro atoms. The molecule has 0 unspecified atom stereocenters. The van der Waals surface area contributed by atoms with Crippen molar-refractivity contribution in [3.63, 3.8) is 0 Å². The first-order valence-corrected chi connectivity index (χ1v) is 2.97. The topological polar surface area (TPSA) is 24.9 Å². The normalized spacial score (nSPS) is 7.73. The molecule has 0 radical (unpaired) electrons. The largest absolute Gasteiger partial charge is 0.316 e. The average Bonchev–Trinajstić information content (AvgIpc) is 1.91. The fraction of sp³-hybridized carbons (Fsp3) is 0.286. The molecule has 4 heteroatoms. The maximum atomic E-state index is 3.96. The second-order valence-corrected chi connectivity index (χ2v) is 1.89. The monoisotopic (exact) mass is 194 g/mol. The van der Waals surface area contributed by atoms with Crippen molar-refractivity contribution in [2.75, 3.05) is 7.05 Å². The number of nitrogens with zero attached hydrogens (tertiary/aromatic N) is 1. The van der Waals surface area contributed by atoms with Crippen LogP contribution in [0.2, 0.25) is 0 Å². The van der Waals surface area contributed by atoms with Gasteiger partial charge in [-0.05, 0) is 18.7 Å². The number of aromatic nitrogens is 1. The van der Waals surface area contributed by atoms with Crippen molar-refractivity contribution in [2.45, 2.75) is 6.54 Å². The highest BCUT2D eigenvalue weighted by molar-refractivity contribution is 5.85. The Balaban J connectivity index is 0. The first-order chi connectivity index (χ1) is 4.43. The summed E-state index contributed by atoms with van der Waals surface area (Å²) in [6.07, 6.45) is 3.63. The quantitative estimate of drug-likeness (QED) is 0.775. The van der Waals surface area contributed by atoms with Crippen molar-refractivity contribution in [2.24, 2.45) is 0 Å². The predicted octanol–water partition coefficient (Wildman–Crippen LogP) is 1.64. The molecule has 11 heavy (non-hydrogen) atoms. The minimum Gasteiger partial charge on any atom is -0.316 e. The average molecular weight is 195 g/mol. The molecule has 0 bridgehead atoms. The molecule has 2 nitrogen and oxygen atoms in total. The molecule has 0 aliphatic heterocycles. The van der Waals surface area contributed by atoms with Crippen molar-refractivity contribution in [1.82, 2.24) is 10.3 Å². The van der Waals surface area contributed by atoms with E-state index in [0.29, 0.717) is 0 Å². The molecule has 1 aromatic rings. The Kier molecular flexibility index (Phi) is 9.42. The van der Waals surface area contributed by atoms with Crippen molar-refractivity contribution in [3.8, 4) is 0 Å². The Morgan fingerprint density at radius 2 is 2.18 bits per heavy atom. The zero-order chi connectivity index (χ0) is 6.53. The first kappa shape index (κ1) is 13.3. The van der Waals surface area contributed by atoms with Gasteiger partial charge in [-0.2, -0.15) is 0 Å². The molecule has 0 saturated heterocycles. The van der Waals surface area contributed by atoms with Crippen LogP contribution in [0.5, 0.6) is 0 Å². The van der Waals surface area contributed by atoms with Crippen molar-refractivity contribution < 1.29 is 0 Å². The fourth-order valence-electron chi connectivity index (χ4n) is 0.707. The predicted molar refractivity (Wildman–Crippen MR) is 51.5 cm³/mol. The first-order valence-electron chi connectivity index (χ1n) is 2.97. The summed E-state index contributed by atoms with van der Waals surface area (Å²) in [6.45, 7) is 0.897. The summed E-state index contributed by atoms with van der Waals surface area (Å²) in [4.78, 5) is 3.96. The van der Waals surface area contributed by atoms with Gasteiger partial charge in [-0.25, -0.2) is 0 Å². The van der Waals surface area contributed by atoms with Gasteiger partial charge in [0.2, 0.25) is 0 Å². The van der Waals surface area contributed by atoms with Crippen molar-refractivity contribution in [3.05, 3.63) is 30.1 Å². The van der Waals surface area contributed by atoms with Gasteiger partial charge in [0.25, 0.3) is 0 Å². The van der Waals surface area contributed by atoms with Crippen LogP contribution in [0.25, 0.3) is 0 Å². The highest BCUT2D eigenvalue weighted by Gasteiger charge is 1.84. The van der Waals surface area contributed by atoms with Crippen LogP contribution in [0, 0.1) is 0 Å². The summed E-state index contributed by atoms with van der Waals surface area (Å²) in [5, 5.41) is 3.04. The van der Waals surface area contributed by atoms with Gasteiger partial charge in [-0.1, -0.05) is 6.07 Å². The zero-order valence-electron chi connectivity index (χ0n) is 6.28. The highest BCUT2D eigenvalue weighted by atomic mass is 35.5. The Labute approximate surface area is 79.2 Å². The Hall–Kier alpha value is -0.310. The maximum Gasteiger partial charge on any atom is 0.0312 e. The zero-order valence-corrected chi connectivity index (χ0v) is 7.91. The molecule has 0 amide bonds. The third-order valence-corrected chi connectivity index (χ3v) is 1.10.